The maximum absolute atomic E-state index is 12.0. The van der Waals surface area contributed by atoms with Gasteiger partial charge < -0.3 is 15.0 Å². The van der Waals surface area contributed by atoms with Crippen LogP contribution in [0.4, 0.5) is 0 Å². The average Bonchev–Trinajstić information content (AvgIpc) is 2.94. The van der Waals surface area contributed by atoms with E-state index in [9.17, 15) is 4.79 Å². The van der Waals surface area contributed by atoms with Crippen molar-refractivity contribution in [2.24, 2.45) is 0 Å². The summed E-state index contributed by atoms with van der Waals surface area (Å²) in [7, 11) is 0. The highest BCUT2D eigenvalue weighted by atomic mass is 16.5. The summed E-state index contributed by atoms with van der Waals surface area (Å²) in [4.78, 5) is 13.9. The molecule has 0 spiro atoms. The molecule has 2 fully saturated rings. The van der Waals surface area contributed by atoms with Crippen molar-refractivity contribution in [1.29, 1.82) is 0 Å². The van der Waals surface area contributed by atoms with Crippen LogP contribution in [0.2, 0.25) is 0 Å². The van der Waals surface area contributed by atoms with Crippen LogP contribution in [0.3, 0.4) is 0 Å². The zero-order valence-corrected chi connectivity index (χ0v) is 10.5. The minimum absolute atomic E-state index is 0.133. The van der Waals surface area contributed by atoms with Crippen LogP contribution in [0.15, 0.2) is 0 Å². The second kappa shape index (κ2) is 4.34. The van der Waals surface area contributed by atoms with E-state index in [0.29, 0.717) is 25.7 Å². The van der Waals surface area contributed by atoms with Gasteiger partial charge in [-0.05, 0) is 33.6 Å². The van der Waals surface area contributed by atoms with Gasteiger partial charge in [-0.3, -0.25) is 4.79 Å². The van der Waals surface area contributed by atoms with Crippen LogP contribution < -0.4 is 5.32 Å². The normalized spacial score (nSPS) is 29.2. The summed E-state index contributed by atoms with van der Waals surface area (Å²) >= 11 is 0. The predicted molar refractivity (Wildman–Crippen MR) is 62.2 cm³/mol. The molecule has 0 radical (unpaired) electrons. The van der Waals surface area contributed by atoms with Crippen molar-refractivity contribution < 1.29 is 9.53 Å². The Morgan fingerprint density at radius 3 is 2.75 bits per heavy atom. The van der Waals surface area contributed by atoms with Crippen LogP contribution in [0.5, 0.6) is 0 Å². The number of morpholine rings is 1. The van der Waals surface area contributed by atoms with E-state index in [4.69, 9.17) is 4.74 Å². The van der Waals surface area contributed by atoms with Crippen LogP contribution in [0.1, 0.15) is 33.6 Å². The molecule has 1 aliphatic heterocycles. The lowest BCUT2D eigenvalue weighted by atomic mass is 10.1. The number of carbonyl (C=O) groups is 1. The van der Waals surface area contributed by atoms with Gasteiger partial charge in [-0.25, -0.2) is 0 Å². The fourth-order valence-electron chi connectivity index (χ4n) is 2.27. The Kier molecular flexibility index (Phi) is 3.22. The van der Waals surface area contributed by atoms with Crippen molar-refractivity contribution in [3.8, 4) is 0 Å². The molecule has 2 rings (SSSR count). The molecule has 2 aliphatic rings. The second-order valence-corrected chi connectivity index (χ2v) is 5.62. The fourth-order valence-corrected chi connectivity index (χ4v) is 2.27. The molecule has 16 heavy (non-hydrogen) atoms. The summed E-state index contributed by atoms with van der Waals surface area (Å²) in [6.07, 6.45) is 2.57. The topological polar surface area (TPSA) is 41.6 Å². The first-order valence-electron chi connectivity index (χ1n) is 6.15. The van der Waals surface area contributed by atoms with Crippen molar-refractivity contribution in [2.75, 3.05) is 19.6 Å². The molecule has 1 unspecified atom stereocenters. The van der Waals surface area contributed by atoms with E-state index >= 15 is 0 Å². The van der Waals surface area contributed by atoms with E-state index in [1.54, 1.807) is 0 Å². The van der Waals surface area contributed by atoms with Gasteiger partial charge in [0.15, 0.2) is 0 Å². The lowest BCUT2D eigenvalue weighted by Gasteiger charge is -2.41. The number of hydrogen-bond donors (Lipinski definition) is 1. The first-order chi connectivity index (χ1) is 7.46. The molecule has 1 aliphatic carbocycles. The van der Waals surface area contributed by atoms with Gasteiger partial charge in [0.25, 0.3) is 0 Å². The summed E-state index contributed by atoms with van der Waals surface area (Å²) < 4.78 is 5.78. The van der Waals surface area contributed by atoms with Gasteiger partial charge in [0.2, 0.25) is 5.91 Å². The van der Waals surface area contributed by atoms with E-state index in [2.05, 4.69) is 5.32 Å². The standard InChI is InChI=1S/C12H22N2O2/c1-9-7-14(8-12(2,3)16-9)11(15)6-13-10-4-5-10/h9-10,13H,4-8H2,1-3H3. The quantitative estimate of drug-likeness (QED) is 0.772. The molecule has 0 aromatic heterocycles. The van der Waals surface area contributed by atoms with Crippen LogP contribution >= 0.6 is 0 Å². The molecular weight excluding hydrogens is 204 g/mol. The van der Waals surface area contributed by atoms with Gasteiger partial charge >= 0.3 is 0 Å². The number of amides is 1. The number of carbonyl (C=O) groups excluding carboxylic acids is 1. The highest BCUT2D eigenvalue weighted by Gasteiger charge is 2.33. The molecule has 1 amide bonds. The lowest BCUT2D eigenvalue weighted by molar-refractivity contribution is -0.157. The highest BCUT2D eigenvalue weighted by molar-refractivity contribution is 5.78. The molecule has 1 saturated carbocycles. The first kappa shape index (κ1) is 11.9. The Morgan fingerprint density at radius 2 is 2.19 bits per heavy atom. The van der Waals surface area contributed by atoms with Crippen LogP contribution in [0, 0.1) is 0 Å². The number of nitrogens with zero attached hydrogens (tertiary/aromatic N) is 1. The van der Waals surface area contributed by atoms with Gasteiger partial charge in [0.1, 0.15) is 0 Å². The van der Waals surface area contributed by atoms with Crippen LogP contribution in [-0.4, -0.2) is 48.2 Å². The van der Waals surface area contributed by atoms with Crippen LogP contribution in [-0.2, 0) is 9.53 Å². The minimum atomic E-state index is -0.215. The zero-order chi connectivity index (χ0) is 11.8. The van der Waals surface area contributed by atoms with Crippen LogP contribution in [0.25, 0.3) is 0 Å². The molecule has 1 heterocycles. The van der Waals surface area contributed by atoms with Gasteiger partial charge in [-0.2, -0.15) is 0 Å². The maximum atomic E-state index is 12.0. The Hall–Kier alpha value is -0.610. The number of nitrogens with one attached hydrogen (secondary N) is 1. The number of rotatable bonds is 3. The van der Waals surface area contributed by atoms with E-state index in [1.807, 2.05) is 25.7 Å². The molecule has 4 nitrogen and oxygen atoms in total. The summed E-state index contributed by atoms with van der Waals surface area (Å²) in [6, 6.07) is 0.593. The van der Waals surface area contributed by atoms with E-state index in [0.717, 1.165) is 0 Å². The van der Waals surface area contributed by atoms with Crippen molar-refractivity contribution >= 4 is 5.91 Å². The van der Waals surface area contributed by atoms with E-state index < -0.39 is 0 Å². The zero-order valence-electron chi connectivity index (χ0n) is 10.5. The monoisotopic (exact) mass is 226 g/mol. The van der Waals surface area contributed by atoms with E-state index in [-0.39, 0.29) is 17.6 Å². The van der Waals surface area contributed by atoms with Crippen molar-refractivity contribution in [3.63, 3.8) is 0 Å². The summed E-state index contributed by atoms with van der Waals surface area (Å²) in [5.41, 5.74) is -0.215. The Bertz CT molecular complexity index is 274. The fraction of sp³-hybridized carbons (Fsp3) is 0.917. The molecule has 92 valence electrons. The molecule has 4 heteroatoms. The molecule has 0 aromatic rings. The third-order valence-electron chi connectivity index (χ3n) is 3.04. The predicted octanol–water partition coefficient (Wildman–Crippen LogP) is 0.764. The minimum Gasteiger partial charge on any atom is -0.369 e. The molecule has 0 bridgehead atoms. The largest absolute Gasteiger partial charge is 0.369 e. The molecule has 1 atom stereocenters. The summed E-state index contributed by atoms with van der Waals surface area (Å²) in [5.74, 6) is 0.204. The maximum Gasteiger partial charge on any atom is 0.236 e. The summed E-state index contributed by atoms with van der Waals surface area (Å²) in [5, 5.41) is 3.26. The number of hydrogen-bond acceptors (Lipinski definition) is 3. The Balaban J connectivity index is 1.84. The molecule has 1 saturated heterocycles. The third-order valence-corrected chi connectivity index (χ3v) is 3.04. The first-order valence-corrected chi connectivity index (χ1v) is 6.15. The van der Waals surface area contributed by atoms with Crippen molar-refractivity contribution in [1.82, 2.24) is 10.2 Å². The Labute approximate surface area is 97.3 Å². The SMILES string of the molecule is CC1CN(C(=O)CNC2CC2)CC(C)(C)O1. The number of ether oxygens (including phenoxy) is 1. The smallest absolute Gasteiger partial charge is 0.236 e. The van der Waals surface area contributed by atoms with Gasteiger partial charge in [-0.1, -0.05) is 0 Å². The summed E-state index contributed by atoms with van der Waals surface area (Å²) in [6.45, 7) is 7.99. The van der Waals surface area contributed by atoms with Gasteiger partial charge in [0, 0.05) is 19.1 Å². The lowest BCUT2D eigenvalue weighted by Crippen LogP contribution is -2.55. The third kappa shape index (κ3) is 3.19. The van der Waals surface area contributed by atoms with E-state index in [1.165, 1.54) is 12.8 Å². The van der Waals surface area contributed by atoms with Crippen molar-refractivity contribution in [3.05, 3.63) is 0 Å². The van der Waals surface area contributed by atoms with Crippen molar-refractivity contribution in [2.45, 2.75) is 51.4 Å². The molecular formula is C12H22N2O2. The van der Waals surface area contributed by atoms with Gasteiger partial charge in [-0.15, -0.1) is 0 Å². The second-order valence-electron chi connectivity index (χ2n) is 5.62. The van der Waals surface area contributed by atoms with Gasteiger partial charge in [0.05, 0.1) is 18.2 Å². The molecule has 1 N–H and O–H groups in total. The molecule has 0 aromatic carbocycles. The average molecular weight is 226 g/mol. The highest BCUT2D eigenvalue weighted by Crippen LogP contribution is 2.21. The Morgan fingerprint density at radius 1 is 1.50 bits per heavy atom.